The van der Waals surface area contributed by atoms with Crippen LogP contribution in [0.3, 0.4) is 0 Å². The number of benzene rings is 2. The Labute approximate surface area is 201 Å². The van der Waals surface area contributed by atoms with Crippen LogP contribution in [0.25, 0.3) is 11.0 Å². The number of carbonyl (C=O) groups excluding carboxylic acids is 3. The van der Waals surface area contributed by atoms with E-state index in [9.17, 15) is 14.4 Å². The molecule has 13 heteroatoms. The summed E-state index contributed by atoms with van der Waals surface area (Å²) in [5.74, 6) is -0.874. The van der Waals surface area contributed by atoms with Crippen molar-refractivity contribution < 1.29 is 38.2 Å². The normalized spacial score (nSPS) is 10.6. The van der Waals surface area contributed by atoms with Gasteiger partial charge >= 0.3 is 14.8 Å². The molecule has 0 aliphatic carbocycles. The van der Waals surface area contributed by atoms with Crippen LogP contribution in [0.4, 0.5) is 4.79 Å². The van der Waals surface area contributed by atoms with Crippen molar-refractivity contribution >= 4 is 37.6 Å². The number of amides is 2. The number of ether oxygens (including phenoxy) is 2. The Hall–Kier alpha value is -3.86. The van der Waals surface area contributed by atoms with Crippen LogP contribution >= 0.6 is 8.60 Å². The predicted octanol–water partition coefficient (Wildman–Crippen LogP) is 2.19. The SMILES string of the molecule is CCC(=O)NCCNC(=O)c1nc2ccccc2nc1OC(=O)OCc1ccc(OP(O)O)cc1. The van der Waals surface area contributed by atoms with Crippen molar-refractivity contribution in [2.75, 3.05) is 13.1 Å². The maximum Gasteiger partial charge on any atom is 0.515 e. The number of para-hydroxylation sites is 2. The molecule has 0 saturated carbocycles. The summed E-state index contributed by atoms with van der Waals surface area (Å²) in [6, 6.07) is 12.8. The third kappa shape index (κ3) is 7.85. The van der Waals surface area contributed by atoms with E-state index < -0.39 is 20.7 Å². The first-order chi connectivity index (χ1) is 16.9. The molecule has 1 heterocycles. The Morgan fingerprint density at radius 1 is 0.943 bits per heavy atom. The minimum Gasteiger partial charge on any atom is -0.429 e. The molecule has 184 valence electrons. The summed E-state index contributed by atoms with van der Waals surface area (Å²) in [7, 11) is -2.53. The Kier molecular flexibility index (Phi) is 9.24. The van der Waals surface area contributed by atoms with Crippen LogP contribution in [-0.4, -0.2) is 50.8 Å². The van der Waals surface area contributed by atoms with Gasteiger partial charge in [-0.05, 0) is 29.8 Å². The average molecular weight is 502 g/mol. The van der Waals surface area contributed by atoms with E-state index in [-0.39, 0.29) is 42.9 Å². The fourth-order valence-corrected chi connectivity index (χ4v) is 3.09. The Morgan fingerprint density at radius 2 is 1.60 bits per heavy atom. The van der Waals surface area contributed by atoms with E-state index in [0.717, 1.165) is 0 Å². The third-order valence-corrected chi connectivity index (χ3v) is 4.83. The van der Waals surface area contributed by atoms with Gasteiger partial charge in [-0.15, -0.1) is 0 Å². The zero-order valence-electron chi connectivity index (χ0n) is 18.6. The number of aromatic nitrogens is 2. The number of rotatable bonds is 10. The van der Waals surface area contributed by atoms with Crippen molar-refractivity contribution in [3.8, 4) is 11.6 Å². The molecule has 2 aromatic carbocycles. The molecule has 0 radical (unpaired) electrons. The number of hydrogen-bond donors (Lipinski definition) is 4. The summed E-state index contributed by atoms with van der Waals surface area (Å²) in [5.41, 5.74) is 1.19. The lowest BCUT2D eigenvalue weighted by Crippen LogP contribution is -2.35. The largest absolute Gasteiger partial charge is 0.515 e. The van der Waals surface area contributed by atoms with Crippen LogP contribution in [0, 0.1) is 0 Å². The van der Waals surface area contributed by atoms with Gasteiger partial charge in [0.25, 0.3) is 11.8 Å². The van der Waals surface area contributed by atoms with E-state index in [1.807, 2.05) is 0 Å². The third-order valence-electron chi connectivity index (χ3n) is 4.45. The molecule has 12 nitrogen and oxygen atoms in total. The van der Waals surface area contributed by atoms with E-state index in [2.05, 4.69) is 20.6 Å². The molecular weight excluding hydrogens is 479 g/mol. The smallest absolute Gasteiger partial charge is 0.429 e. The van der Waals surface area contributed by atoms with Gasteiger partial charge in [0.2, 0.25) is 5.91 Å². The maximum atomic E-state index is 12.7. The molecule has 3 aromatic rings. The second-order valence-electron chi connectivity index (χ2n) is 6.95. The number of fused-ring (bicyclic) bond motifs is 1. The van der Waals surface area contributed by atoms with Crippen LogP contribution in [0.15, 0.2) is 48.5 Å². The molecule has 1 aromatic heterocycles. The molecule has 3 rings (SSSR count). The highest BCUT2D eigenvalue weighted by Crippen LogP contribution is 2.28. The number of hydrogen-bond acceptors (Lipinski definition) is 10. The lowest BCUT2D eigenvalue weighted by Gasteiger charge is -2.11. The summed E-state index contributed by atoms with van der Waals surface area (Å²) in [6.45, 7) is 1.91. The van der Waals surface area contributed by atoms with Crippen molar-refractivity contribution in [3.05, 3.63) is 59.8 Å². The number of nitrogens with one attached hydrogen (secondary N) is 2. The lowest BCUT2D eigenvalue weighted by molar-refractivity contribution is -0.120. The van der Waals surface area contributed by atoms with Crippen LogP contribution in [-0.2, 0) is 16.1 Å². The molecule has 2 amide bonds. The molecule has 0 aliphatic heterocycles. The van der Waals surface area contributed by atoms with Crippen molar-refractivity contribution in [1.29, 1.82) is 0 Å². The summed E-state index contributed by atoms with van der Waals surface area (Å²) in [6.07, 6.45) is -0.775. The van der Waals surface area contributed by atoms with Crippen LogP contribution in [0.2, 0.25) is 0 Å². The molecule has 0 spiro atoms. The maximum absolute atomic E-state index is 12.7. The van der Waals surface area contributed by atoms with Crippen LogP contribution < -0.4 is 19.9 Å². The highest BCUT2D eigenvalue weighted by Gasteiger charge is 2.21. The van der Waals surface area contributed by atoms with Crippen molar-refractivity contribution in [3.63, 3.8) is 0 Å². The Morgan fingerprint density at radius 3 is 2.26 bits per heavy atom. The first kappa shape index (κ1) is 25.8. The molecule has 0 saturated heterocycles. The van der Waals surface area contributed by atoms with E-state index in [0.29, 0.717) is 23.0 Å². The van der Waals surface area contributed by atoms with Gasteiger partial charge in [-0.3, -0.25) is 9.59 Å². The summed E-state index contributed by atoms with van der Waals surface area (Å²) in [4.78, 5) is 62.5. The number of nitrogens with zero attached hydrogens (tertiary/aromatic N) is 2. The second-order valence-corrected chi connectivity index (χ2v) is 7.64. The molecule has 4 N–H and O–H groups in total. The molecule has 0 bridgehead atoms. The Bertz CT molecular complexity index is 1190. The van der Waals surface area contributed by atoms with E-state index in [4.69, 9.17) is 23.8 Å². The predicted molar refractivity (Wildman–Crippen MR) is 124 cm³/mol. The van der Waals surface area contributed by atoms with Crippen molar-refractivity contribution in [1.82, 2.24) is 20.6 Å². The fraction of sp³-hybridized carbons (Fsp3) is 0.227. The van der Waals surface area contributed by atoms with Gasteiger partial charge in [0.05, 0.1) is 11.0 Å². The van der Waals surface area contributed by atoms with E-state index >= 15 is 0 Å². The lowest BCUT2D eigenvalue weighted by atomic mass is 10.2. The summed E-state index contributed by atoms with van der Waals surface area (Å²) < 4.78 is 15.0. The minimum absolute atomic E-state index is 0.136. The van der Waals surface area contributed by atoms with Crippen LogP contribution in [0.5, 0.6) is 11.6 Å². The molecule has 35 heavy (non-hydrogen) atoms. The minimum atomic E-state index is -2.53. The quantitative estimate of drug-likeness (QED) is 0.183. The van der Waals surface area contributed by atoms with E-state index in [1.165, 1.54) is 12.1 Å². The molecule has 0 atom stereocenters. The first-order valence-corrected chi connectivity index (χ1v) is 11.6. The van der Waals surface area contributed by atoms with Crippen LogP contribution in [0.1, 0.15) is 29.4 Å². The second kappa shape index (κ2) is 12.6. The average Bonchev–Trinajstić information content (AvgIpc) is 2.85. The highest BCUT2D eigenvalue weighted by atomic mass is 31.2. The molecule has 0 aliphatic rings. The summed E-state index contributed by atoms with van der Waals surface area (Å²) in [5, 5.41) is 5.23. The zero-order valence-corrected chi connectivity index (χ0v) is 19.5. The van der Waals surface area contributed by atoms with Crippen molar-refractivity contribution in [2.24, 2.45) is 0 Å². The van der Waals surface area contributed by atoms with Crippen molar-refractivity contribution in [2.45, 2.75) is 20.0 Å². The first-order valence-electron chi connectivity index (χ1n) is 10.5. The number of carbonyl (C=O) groups is 3. The van der Waals surface area contributed by atoms with Gasteiger partial charge in [0.15, 0.2) is 5.69 Å². The molecule has 0 unspecified atom stereocenters. The van der Waals surface area contributed by atoms with Gasteiger partial charge in [0.1, 0.15) is 12.4 Å². The highest BCUT2D eigenvalue weighted by molar-refractivity contribution is 7.39. The Balaban J connectivity index is 1.66. The van der Waals surface area contributed by atoms with Gasteiger partial charge in [-0.2, -0.15) is 0 Å². The fourth-order valence-electron chi connectivity index (χ4n) is 2.78. The van der Waals surface area contributed by atoms with Gasteiger partial charge in [-0.1, -0.05) is 31.2 Å². The van der Waals surface area contributed by atoms with Gasteiger partial charge in [-0.25, -0.2) is 14.8 Å². The van der Waals surface area contributed by atoms with E-state index in [1.54, 1.807) is 43.3 Å². The topological polar surface area (TPSA) is 169 Å². The molecular formula is C22H23N4O8P. The molecule has 0 fully saturated rings. The zero-order chi connectivity index (χ0) is 25.2. The van der Waals surface area contributed by atoms with Gasteiger partial charge in [0, 0.05) is 19.5 Å². The summed E-state index contributed by atoms with van der Waals surface area (Å²) >= 11 is 0. The standard InChI is InChI=1S/C22H23N4O8P/c1-2-18(27)23-11-12-24-20(28)19-21(26-17-6-4-3-5-16(17)25-19)33-22(29)32-13-14-7-9-15(10-8-14)34-35(30)31/h3-10,30-31H,2,11-13H2,1H3,(H,23,27)(H,24,28). The van der Waals surface area contributed by atoms with Gasteiger partial charge < -0.3 is 34.4 Å². The monoisotopic (exact) mass is 502 g/mol.